The number of rotatable bonds is 4. The number of hydrogen-bond acceptors (Lipinski definition) is 4. The van der Waals surface area contributed by atoms with Crippen molar-refractivity contribution in [3.63, 3.8) is 0 Å². The summed E-state index contributed by atoms with van der Waals surface area (Å²) in [5.74, 6) is 0.888. The molecule has 1 fully saturated rings. The van der Waals surface area contributed by atoms with Gasteiger partial charge in [-0.1, -0.05) is 42.5 Å². The first-order chi connectivity index (χ1) is 13.8. The van der Waals surface area contributed by atoms with Crippen LogP contribution >= 0.6 is 0 Å². The highest BCUT2D eigenvalue weighted by molar-refractivity contribution is 5.84. The van der Waals surface area contributed by atoms with E-state index in [1.165, 1.54) is 0 Å². The van der Waals surface area contributed by atoms with Crippen LogP contribution in [-0.2, 0) is 16.5 Å². The van der Waals surface area contributed by atoms with Gasteiger partial charge in [0.15, 0.2) is 5.82 Å². The van der Waals surface area contributed by atoms with E-state index in [1.807, 2.05) is 42.7 Å². The number of fused-ring (bicyclic) bond motifs is 1. The summed E-state index contributed by atoms with van der Waals surface area (Å²) >= 11 is 0. The molecule has 6 nitrogen and oxygen atoms in total. The first-order valence-electron chi connectivity index (χ1n) is 9.42. The number of imidazole rings is 2. The molecular weight excluding hydrogens is 352 g/mol. The smallest absolute Gasteiger partial charge is 0.159 e. The van der Waals surface area contributed by atoms with Gasteiger partial charge >= 0.3 is 0 Å². The molecule has 28 heavy (non-hydrogen) atoms. The van der Waals surface area contributed by atoms with E-state index in [4.69, 9.17) is 19.4 Å². The Kier molecular flexibility index (Phi) is 4.22. The van der Waals surface area contributed by atoms with Gasteiger partial charge in [0.1, 0.15) is 11.8 Å². The molecule has 0 unspecified atom stereocenters. The monoisotopic (exact) mass is 374 g/mol. The third-order valence-electron chi connectivity index (χ3n) is 5.50. The van der Waals surface area contributed by atoms with Crippen LogP contribution in [0.15, 0.2) is 60.9 Å². The van der Waals surface area contributed by atoms with Gasteiger partial charge in [0, 0.05) is 19.7 Å². The fourth-order valence-electron chi connectivity index (χ4n) is 4.01. The highest BCUT2D eigenvalue weighted by Gasteiger charge is 2.33. The Labute approximate surface area is 163 Å². The van der Waals surface area contributed by atoms with E-state index >= 15 is 0 Å². The summed E-state index contributed by atoms with van der Waals surface area (Å²) in [5.41, 5.74) is 5.03. The van der Waals surface area contributed by atoms with Gasteiger partial charge in [0.2, 0.25) is 0 Å². The molecule has 1 saturated heterocycles. The fraction of sp³-hybridized carbons (Fsp3) is 0.273. The van der Waals surface area contributed by atoms with Crippen molar-refractivity contribution in [1.82, 2.24) is 19.1 Å². The van der Waals surface area contributed by atoms with Gasteiger partial charge in [0.25, 0.3) is 0 Å². The highest BCUT2D eigenvalue weighted by Crippen LogP contribution is 2.36. The predicted molar refractivity (Wildman–Crippen MR) is 108 cm³/mol. The molecule has 6 heteroatoms. The van der Waals surface area contributed by atoms with Crippen LogP contribution in [0, 0.1) is 0 Å². The molecule has 2 atom stereocenters. The molecule has 0 N–H and O–H groups in total. The van der Waals surface area contributed by atoms with Crippen LogP contribution in [0.5, 0.6) is 0 Å². The zero-order chi connectivity index (χ0) is 19.1. The SMILES string of the molecule is CO[C@H]1COC[C@@H]1n1cnc(-c2ccccc2)c1-c1nc2ccccc2n1C. The summed E-state index contributed by atoms with van der Waals surface area (Å²) < 4.78 is 15.7. The van der Waals surface area contributed by atoms with Crippen LogP contribution in [0.2, 0.25) is 0 Å². The lowest BCUT2D eigenvalue weighted by atomic mass is 10.1. The second-order valence-electron chi connectivity index (χ2n) is 7.08. The van der Waals surface area contributed by atoms with Crippen LogP contribution in [0.25, 0.3) is 33.8 Å². The minimum Gasteiger partial charge on any atom is -0.377 e. The van der Waals surface area contributed by atoms with Gasteiger partial charge in [-0.05, 0) is 12.1 Å². The molecule has 0 bridgehead atoms. The number of ether oxygens (including phenoxy) is 2. The summed E-state index contributed by atoms with van der Waals surface area (Å²) in [4.78, 5) is 9.73. The van der Waals surface area contributed by atoms with Crippen molar-refractivity contribution in [1.29, 1.82) is 0 Å². The average molecular weight is 374 g/mol. The Hall–Kier alpha value is -2.96. The summed E-state index contributed by atoms with van der Waals surface area (Å²) in [6, 6.07) is 18.5. The van der Waals surface area contributed by atoms with Gasteiger partial charge in [-0.3, -0.25) is 0 Å². The average Bonchev–Trinajstić information content (AvgIpc) is 3.45. The minimum absolute atomic E-state index is 0.00809. The minimum atomic E-state index is -0.00809. The molecule has 5 rings (SSSR count). The number of benzene rings is 2. The molecule has 0 aliphatic carbocycles. The molecule has 0 spiro atoms. The van der Waals surface area contributed by atoms with E-state index in [2.05, 4.69) is 34.4 Å². The van der Waals surface area contributed by atoms with Crippen molar-refractivity contribution >= 4 is 11.0 Å². The molecule has 142 valence electrons. The molecule has 2 aromatic heterocycles. The standard InChI is InChI=1S/C22H22N4O2/c1-25-17-11-7-6-10-16(17)24-22(25)21-20(15-8-4-3-5-9-15)23-14-26(21)18-12-28-13-19(18)27-2/h3-11,14,18-19H,12-13H2,1-2H3/t18-,19-/m0/s1. The van der Waals surface area contributed by atoms with E-state index in [1.54, 1.807) is 7.11 Å². The lowest BCUT2D eigenvalue weighted by Gasteiger charge is -2.20. The van der Waals surface area contributed by atoms with Gasteiger partial charge < -0.3 is 18.6 Å². The van der Waals surface area contributed by atoms with E-state index in [9.17, 15) is 0 Å². The van der Waals surface area contributed by atoms with Gasteiger partial charge in [-0.2, -0.15) is 0 Å². The molecule has 0 amide bonds. The van der Waals surface area contributed by atoms with Crippen molar-refractivity contribution in [3.05, 3.63) is 60.9 Å². The summed E-state index contributed by atoms with van der Waals surface area (Å²) in [6.07, 6.45) is 1.88. The normalized spacial score (nSPS) is 19.5. The number of aromatic nitrogens is 4. The van der Waals surface area contributed by atoms with Crippen molar-refractivity contribution < 1.29 is 9.47 Å². The highest BCUT2D eigenvalue weighted by atomic mass is 16.5. The fourth-order valence-corrected chi connectivity index (χ4v) is 4.01. The largest absolute Gasteiger partial charge is 0.377 e. The molecule has 4 aromatic rings. The van der Waals surface area contributed by atoms with Crippen molar-refractivity contribution in [2.24, 2.45) is 7.05 Å². The lowest BCUT2D eigenvalue weighted by Crippen LogP contribution is -2.24. The van der Waals surface area contributed by atoms with Crippen LogP contribution in [0.1, 0.15) is 6.04 Å². The first kappa shape index (κ1) is 17.2. The van der Waals surface area contributed by atoms with Crippen molar-refractivity contribution in [2.75, 3.05) is 20.3 Å². The van der Waals surface area contributed by atoms with Crippen molar-refractivity contribution in [3.8, 4) is 22.8 Å². The lowest BCUT2D eigenvalue weighted by molar-refractivity contribution is 0.0688. The maximum atomic E-state index is 5.71. The van der Waals surface area contributed by atoms with E-state index in [-0.39, 0.29) is 12.1 Å². The molecule has 1 aliphatic rings. The number of aryl methyl sites for hydroxylation is 1. The van der Waals surface area contributed by atoms with E-state index in [0.717, 1.165) is 33.8 Å². The zero-order valence-electron chi connectivity index (χ0n) is 15.9. The predicted octanol–water partition coefficient (Wildman–Crippen LogP) is 3.69. The second-order valence-corrected chi connectivity index (χ2v) is 7.08. The number of hydrogen-bond donors (Lipinski definition) is 0. The molecule has 1 aliphatic heterocycles. The number of para-hydroxylation sites is 2. The van der Waals surface area contributed by atoms with Crippen molar-refractivity contribution in [2.45, 2.75) is 12.1 Å². The van der Waals surface area contributed by atoms with Crippen LogP contribution in [0.4, 0.5) is 0 Å². The number of nitrogens with zero attached hydrogens (tertiary/aromatic N) is 4. The maximum Gasteiger partial charge on any atom is 0.159 e. The van der Waals surface area contributed by atoms with Crippen LogP contribution in [-0.4, -0.2) is 45.5 Å². The van der Waals surface area contributed by atoms with Gasteiger partial charge in [-0.25, -0.2) is 9.97 Å². The zero-order valence-corrected chi connectivity index (χ0v) is 15.9. The summed E-state index contributed by atoms with van der Waals surface area (Å²) in [6.45, 7) is 1.18. The Morgan fingerprint density at radius 2 is 1.82 bits per heavy atom. The van der Waals surface area contributed by atoms with Crippen LogP contribution in [0.3, 0.4) is 0 Å². The van der Waals surface area contributed by atoms with E-state index < -0.39 is 0 Å². The Morgan fingerprint density at radius 1 is 1.04 bits per heavy atom. The molecule has 3 heterocycles. The molecule has 2 aromatic carbocycles. The Bertz CT molecular complexity index is 1120. The Balaban J connectivity index is 1.76. The van der Waals surface area contributed by atoms with Gasteiger partial charge in [-0.15, -0.1) is 0 Å². The molecule has 0 saturated carbocycles. The third kappa shape index (κ3) is 2.65. The molecular formula is C22H22N4O2. The topological polar surface area (TPSA) is 54.1 Å². The van der Waals surface area contributed by atoms with E-state index in [0.29, 0.717) is 13.2 Å². The first-order valence-corrected chi connectivity index (χ1v) is 9.42. The van der Waals surface area contributed by atoms with Crippen LogP contribution < -0.4 is 0 Å². The second kappa shape index (κ2) is 6.89. The Morgan fingerprint density at radius 3 is 2.61 bits per heavy atom. The summed E-state index contributed by atoms with van der Waals surface area (Å²) in [5, 5.41) is 0. The number of methoxy groups -OCH3 is 1. The quantitative estimate of drug-likeness (QED) is 0.547. The summed E-state index contributed by atoms with van der Waals surface area (Å²) in [7, 11) is 3.78. The molecule has 0 radical (unpaired) electrons. The maximum absolute atomic E-state index is 5.71. The van der Waals surface area contributed by atoms with Gasteiger partial charge in [0.05, 0.1) is 42.3 Å². The third-order valence-corrected chi connectivity index (χ3v) is 5.50.